The van der Waals surface area contributed by atoms with Gasteiger partial charge in [-0.2, -0.15) is 0 Å². The molecule has 0 bridgehead atoms. The van der Waals surface area contributed by atoms with E-state index >= 15 is 0 Å². The molecule has 2 heterocycles. The minimum absolute atomic E-state index is 0.0511. The molecule has 19 heavy (non-hydrogen) atoms. The van der Waals surface area contributed by atoms with Gasteiger partial charge in [-0.25, -0.2) is 23.2 Å². The predicted molar refractivity (Wildman–Crippen MR) is 67.5 cm³/mol. The quantitative estimate of drug-likeness (QED) is 0.817. The molecule has 1 fully saturated rings. The number of rotatable bonds is 4. The van der Waals surface area contributed by atoms with Gasteiger partial charge in [-0.1, -0.05) is 0 Å². The van der Waals surface area contributed by atoms with Crippen LogP contribution in [0.25, 0.3) is 0 Å². The van der Waals surface area contributed by atoms with E-state index in [1.807, 2.05) is 4.90 Å². The van der Waals surface area contributed by atoms with Crippen LogP contribution in [0.3, 0.4) is 0 Å². The lowest BCUT2D eigenvalue weighted by Gasteiger charge is -2.22. The van der Waals surface area contributed by atoms with Gasteiger partial charge < -0.3 is 5.11 Å². The summed E-state index contributed by atoms with van der Waals surface area (Å²) in [5.41, 5.74) is 0.449. The molecule has 1 saturated heterocycles. The molecular formula is C11H15N3O4S. The summed E-state index contributed by atoms with van der Waals surface area (Å²) < 4.78 is 22.9. The summed E-state index contributed by atoms with van der Waals surface area (Å²) in [4.78, 5) is 20.5. The molecule has 0 saturated carbocycles. The minimum atomic E-state index is -2.95. The van der Waals surface area contributed by atoms with Crippen molar-refractivity contribution in [1.82, 2.24) is 14.9 Å². The van der Waals surface area contributed by atoms with Crippen molar-refractivity contribution in [2.24, 2.45) is 0 Å². The zero-order valence-corrected chi connectivity index (χ0v) is 11.3. The zero-order chi connectivity index (χ0) is 14.0. The van der Waals surface area contributed by atoms with Gasteiger partial charge in [0.05, 0.1) is 17.2 Å². The van der Waals surface area contributed by atoms with Gasteiger partial charge in [0.25, 0.3) is 0 Å². The largest absolute Gasteiger partial charge is 0.478 e. The first kappa shape index (κ1) is 13.9. The maximum absolute atomic E-state index is 11.4. The lowest BCUT2D eigenvalue weighted by Crippen LogP contribution is -2.33. The van der Waals surface area contributed by atoms with E-state index in [2.05, 4.69) is 9.97 Å². The van der Waals surface area contributed by atoms with Crippen LogP contribution in [-0.2, 0) is 16.4 Å². The van der Waals surface area contributed by atoms with Crippen LogP contribution >= 0.6 is 0 Å². The number of hydrogen-bond acceptors (Lipinski definition) is 6. The Kier molecular flexibility index (Phi) is 3.81. The molecule has 1 aromatic heterocycles. The summed E-state index contributed by atoms with van der Waals surface area (Å²) in [6, 6.07) is -0.0818. The van der Waals surface area contributed by atoms with Gasteiger partial charge in [0.15, 0.2) is 9.84 Å². The molecule has 2 rings (SSSR count). The number of carboxylic acid groups (broad SMARTS) is 1. The highest BCUT2D eigenvalue weighted by Gasteiger charge is 2.31. The summed E-state index contributed by atoms with van der Waals surface area (Å²) in [6.45, 7) is 0.296. The second-order valence-electron chi connectivity index (χ2n) is 4.66. The molecule has 0 amide bonds. The number of nitrogens with zero attached hydrogens (tertiary/aromatic N) is 3. The van der Waals surface area contributed by atoms with Crippen LogP contribution in [0.5, 0.6) is 0 Å². The van der Waals surface area contributed by atoms with Gasteiger partial charge in [0, 0.05) is 18.8 Å². The van der Waals surface area contributed by atoms with E-state index in [0.29, 0.717) is 18.7 Å². The normalized spacial score (nSPS) is 21.7. The first-order valence-electron chi connectivity index (χ1n) is 5.82. The summed E-state index contributed by atoms with van der Waals surface area (Å²) in [5, 5.41) is 9.03. The van der Waals surface area contributed by atoms with Crippen LogP contribution in [0.1, 0.15) is 22.5 Å². The first-order valence-corrected chi connectivity index (χ1v) is 7.64. The summed E-state index contributed by atoms with van der Waals surface area (Å²) >= 11 is 0. The molecule has 7 nitrogen and oxygen atoms in total. The molecule has 104 valence electrons. The van der Waals surface area contributed by atoms with Gasteiger partial charge >= 0.3 is 5.97 Å². The maximum atomic E-state index is 11.4. The lowest BCUT2D eigenvalue weighted by atomic mass is 10.2. The molecule has 8 heteroatoms. The van der Waals surface area contributed by atoms with Crippen LogP contribution in [0.15, 0.2) is 12.5 Å². The Morgan fingerprint density at radius 2 is 2.32 bits per heavy atom. The van der Waals surface area contributed by atoms with Crippen molar-refractivity contribution in [2.45, 2.75) is 19.0 Å². The molecule has 1 aliphatic heterocycles. The fourth-order valence-electron chi connectivity index (χ4n) is 2.15. The Morgan fingerprint density at radius 3 is 2.89 bits per heavy atom. The maximum Gasteiger partial charge on any atom is 0.339 e. The van der Waals surface area contributed by atoms with Crippen molar-refractivity contribution in [3.8, 4) is 0 Å². The monoisotopic (exact) mass is 285 g/mol. The van der Waals surface area contributed by atoms with Gasteiger partial charge in [0.1, 0.15) is 11.9 Å². The van der Waals surface area contributed by atoms with Crippen LogP contribution < -0.4 is 0 Å². The second-order valence-corrected chi connectivity index (χ2v) is 6.89. The molecule has 0 aromatic carbocycles. The Morgan fingerprint density at radius 1 is 1.58 bits per heavy atom. The van der Waals surface area contributed by atoms with Crippen molar-refractivity contribution in [2.75, 3.05) is 18.6 Å². The van der Waals surface area contributed by atoms with Gasteiger partial charge in [-0.3, -0.25) is 4.90 Å². The molecule has 1 atom stereocenters. The number of carboxylic acids is 1. The average Bonchev–Trinajstić information content (AvgIpc) is 2.70. The Balaban J connectivity index is 2.12. The minimum Gasteiger partial charge on any atom is -0.478 e. The number of aromatic carboxylic acids is 1. The predicted octanol–water partition coefficient (Wildman–Crippen LogP) is -0.206. The number of carbonyl (C=O) groups is 1. The molecular weight excluding hydrogens is 270 g/mol. The number of hydrogen-bond donors (Lipinski definition) is 1. The lowest BCUT2D eigenvalue weighted by molar-refractivity contribution is 0.0693. The molecule has 0 radical (unpaired) electrons. The van der Waals surface area contributed by atoms with Crippen LogP contribution in [0, 0.1) is 0 Å². The van der Waals surface area contributed by atoms with E-state index in [1.54, 1.807) is 7.05 Å². The second kappa shape index (κ2) is 5.22. The average molecular weight is 285 g/mol. The van der Waals surface area contributed by atoms with Gasteiger partial charge in [-0.05, 0) is 13.5 Å². The van der Waals surface area contributed by atoms with Crippen molar-refractivity contribution in [3.63, 3.8) is 0 Å². The van der Waals surface area contributed by atoms with Crippen molar-refractivity contribution in [3.05, 3.63) is 23.8 Å². The van der Waals surface area contributed by atoms with E-state index in [0.717, 1.165) is 0 Å². The zero-order valence-electron chi connectivity index (χ0n) is 10.5. The van der Waals surface area contributed by atoms with E-state index in [4.69, 9.17) is 5.11 Å². The van der Waals surface area contributed by atoms with E-state index < -0.39 is 15.8 Å². The number of aromatic nitrogens is 2. The van der Waals surface area contributed by atoms with Crippen LogP contribution in [0.2, 0.25) is 0 Å². The van der Waals surface area contributed by atoms with Crippen molar-refractivity contribution < 1.29 is 18.3 Å². The van der Waals surface area contributed by atoms with Gasteiger partial charge in [-0.15, -0.1) is 0 Å². The molecule has 1 aliphatic rings. The molecule has 0 spiro atoms. The topological polar surface area (TPSA) is 100 Å². The standard InChI is InChI=1S/C11H15N3O4S/c1-14(8-2-3-19(17,18)6-8)5-10-9(11(15)16)4-12-7-13-10/h4,7-8H,2-3,5-6H2,1H3,(H,15,16). The van der Waals surface area contributed by atoms with Crippen molar-refractivity contribution in [1.29, 1.82) is 0 Å². The highest BCUT2D eigenvalue weighted by atomic mass is 32.2. The Hall–Kier alpha value is -1.54. The highest BCUT2D eigenvalue weighted by molar-refractivity contribution is 7.91. The fourth-order valence-corrected chi connectivity index (χ4v) is 3.95. The number of sulfone groups is 1. The third-order valence-electron chi connectivity index (χ3n) is 3.26. The molecule has 1 unspecified atom stereocenters. The first-order chi connectivity index (χ1) is 8.89. The Labute approximate surface area is 111 Å². The molecule has 1 aromatic rings. The van der Waals surface area contributed by atoms with Gasteiger partial charge in [0.2, 0.25) is 0 Å². The summed E-state index contributed by atoms with van der Waals surface area (Å²) in [6.07, 6.45) is 3.12. The highest BCUT2D eigenvalue weighted by Crippen LogP contribution is 2.18. The molecule has 1 N–H and O–H groups in total. The third kappa shape index (κ3) is 3.27. The summed E-state index contributed by atoms with van der Waals surface area (Å²) in [5.74, 6) is -0.766. The summed E-state index contributed by atoms with van der Waals surface area (Å²) in [7, 11) is -1.17. The third-order valence-corrected chi connectivity index (χ3v) is 5.01. The van der Waals surface area contributed by atoms with Crippen molar-refractivity contribution >= 4 is 15.8 Å². The SMILES string of the molecule is CN(Cc1ncncc1C(=O)O)C1CCS(=O)(=O)C1. The fraction of sp³-hybridized carbons (Fsp3) is 0.545. The van der Waals surface area contributed by atoms with E-state index in [1.165, 1.54) is 12.5 Å². The Bertz CT molecular complexity index is 587. The van der Waals surface area contributed by atoms with Crippen LogP contribution in [0.4, 0.5) is 0 Å². The van der Waals surface area contributed by atoms with E-state index in [9.17, 15) is 13.2 Å². The van der Waals surface area contributed by atoms with E-state index in [-0.39, 0.29) is 23.1 Å². The smallest absolute Gasteiger partial charge is 0.339 e. The van der Waals surface area contributed by atoms with Crippen LogP contribution in [-0.4, -0.2) is 59.0 Å². The molecule has 0 aliphatic carbocycles.